The maximum absolute atomic E-state index is 13.7. The lowest BCUT2D eigenvalue weighted by atomic mass is 9.87. The first-order valence-electron chi connectivity index (χ1n) is 12.1. The summed E-state index contributed by atoms with van der Waals surface area (Å²) >= 11 is 0. The van der Waals surface area contributed by atoms with Crippen LogP contribution >= 0.6 is 0 Å². The van der Waals surface area contributed by atoms with Gasteiger partial charge >= 0.3 is 6.03 Å². The Morgan fingerprint density at radius 2 is 1.76 bits per heavy atom. The number of carbonyl (C=O) groups is 2. The van der Waals surface area contributed by atoms with Crippen molar-refractivity contribution < 1.29 is 19.1 Å². The number of benzene rings is 2. The molecule has 2 aliphatic rings. The summed E-state index contributed by atoms with van der Waals surface area (Å²) in [5, 5.41) is 6.13. The second-order valence-corrected chi connectivity index (χ2v) is 9.26. The van der Waals surface area contributed by atoms with Gasteiger partial charge in [0.25, 0.3) is 0 Å². The smallest absolute Gasteiger partial charge is 0.318 e. The monoisotopic (exact) mass is 465 g/mol. The van der Waals surface area contributed by atoms with E-state index in [1.165, 1.54) is 0 Å². The summed E-state index contributed by atoms with van der Waals surface area (Å²) in [6, 6.07) is 13.1. The third-order valence-corrected chi connectivity index (χ3v) is 6.95. The van der Waals surface area contributed by atoms with E-state index in [1.807, 2.05) is 61.2 Å². The van der Waals surface area contributed by atoms with Crippen LogP contribution in [-0.2, 0) is 11.2 Å². The molecule has 1 heterocycles. The lowest BCUT2D eigenvalue weighted by Gasteiger charge is -2.39. The maximum atomic E-state index is 13.7. The molecular formula is C27H35N3O4. The fraction of sp³-hybridized carbons (Fsp3) is 0.481. The van der Waals surface area contributed by atoms with Gasteiger partial charge in [-0.1, -0.05) is 50.6 Å². The Morgan fingerprint density at radius 3 is 2.38 bits per heavy atom. The number of amides is 3. The maximum Gasteiger partial charge on any atom is 0.318 e. The largest absolute Gasteiger partial charge is 0.493 e. The summed E-state index contributed by atoms with van der Waals surface area (Å²) in [7, 11) is 3.24. The van der Waals surface area contributed by atoms with Gasteiger partial charge < -0.3 is 25.0 Å². The molecule has 182 valence electrons. The number of methoxy groups -OCH3 is 2. The zero-order valence-corrected chi connectivity index (χ0v) is 20.5. The van der Waals surface area contributed by atoms with Gasteiger partial charge in [0.05, 0.1) is 20.3 Å². The fourth-order valence-corrected chi connectivity index (χ4v) is 4.60. The molecule has 1 aliphatic heterocycles. The number of urea groups is 1. The minimum atomic E-state index is -0.568. The first kappa shape index (κ1) is 23.9. The van der Waals surface area contributed by atoms with Gasteiger partial charge in [0.1, 0.15) is 6.04 Å². The van der Waals surface area contributed by atoms with Crippen LogP contribution in [0.15, 0.2) is 42.5 Å². The predicted molar refractivity (Wildman–Crippen MR) is 131 cm³/mol. The molecule has 0 spiro atoms. The molecular weight excluding hydrogens is 430 g/mol. The molecule has 2 N–H and O–H groups in total. The highest BCUT2D eigenvalue weighted by Gasteiger charge is 2.37. The summed E-state index contributed by atoms with van der Waals surface area (Å²) < 4.78 is 11.1. The van der Waals surface area contributed by atoms with Gasteiger partial charge in [-0.2, -0.15) is 0 Å². The van der Waals surface area contributed by atoms with Crippen molar-refractivity contribution in [3.8, 4) is 11.5 Å². The van der Waals surface area contributed by atoms with E-state index in [1.54, 1.807) is 14.2 Å². The Labute approximate surface area is 201 Å². The Kier molecular flexibility index (Phi) is 7.29. The summed E-state index contributed by atoms with van der Waals surface area (Å²) in [4.78, 5) is 28.5. The van der Waals surface area contributed by atoms with E-state index in [0.717, 1.165) is 36.0 Å². The van der Waals surface area contributed by atoms with Crippen LogP contribution in [0.5, 0.6) is 11.5 Å². The molecule has 1 fully saturated rings. The van der Waals surface area contributed by atoms with Crippen LogP contribution in [0.2, 0.25) is 0 Å². The third-order valence-electron chi connectivity index (χ3n) is 6.95. The van der Waals surface area contributed by atoms with Crippen LogP contribution in [0, 0.1) is 5.92 Å². The zero-order valence-electron chi connectivity index (χ0n) is 20.5. The van der Waals surface area contributed by atoms with E-state index in [4.69, 9.17) is 9.47 Å². The molecule has 2 aromatic carbocycles. The second kappa shape index (κ2) is 10.4. The van der Waals surface area contributed by atoms with Crippen molar-refractivity contribution >= 4 is 11.9 Å². The van der Waals surface area contributed by atoms with E-state index < -0.39 is 6.04 Å². The molecule has 0 saturated heterocycles. The van der Waals surface area contributed by atoms with Crippen LogP contribution in [0.3, 0.4) is 0 Å². The van der Waals surface area contributed by atoms with Gasteiger partial charge in [-0.05, 0) is 54.0 Å². The number of hydrogen-bond acceptors (Lipinski definition) is 4. The number of ether oxygens (including phenoxy) is 2. The normalized spacial score (nSPS) is 18.9. The van der Waals surface area contributed by atoms with Gasteiger partial charge in [-0.3, -0.25) is 4.79 Å². The molecule has 0 unspecified atom stereocenters. The molecule has 7 nitrogen and oxygen atoms in total. The van der Waals surface area contributed by atoms with Gasteiger partial charge in [-0.25, -0.2) is 4.79 Å². The van der Waals surface area contributed by atoms with Crippen LogP contribution in [0.1, 0.15) is 55.8 Å². The number of carbonyl (C=O) groups excluding carboxylic acids is 2. The number of hydrogen-bond donors (Lipinski definition) is 2. The van der Waals surface area contributed by atoms with E-state index in [-0.39, 0.29) is 29.9 Å². The van der Waals surface area contributed by atoms with Crippen LogP contribution in [-0.4, -0.2) is 49.7 Å². The first-order chi connectivity index (χ1) is 16.5. The fourth-order valence-electron chi connectivity index (χ4n) is 4.60. The highest BCUT2D eigenvalue weighted by Crippen LogP contribution is 2.41. The van der Waals surface area contributed by atoms with Crippen molar-refractivity contribution in [1.29, 1.82) is 0 Å². The lowest BCUT2D eigenvalue weighted by molar-refractivity contribution is -0.124. The average Bonchev–Trinajstić information content (AvgIpc) is 3.69. The number of fused-ring (bicyclic) bond motifs is 1. The molecule has 7 heteroatoms. The van der Waals surface area contributed by atoms with Crippen molar-refractivity contribution in [2.75, 3.05) is 20.8 Å². The van der Waals surface area contributed by atoms with E-state index in [2.05, 4.69) is 10.6 Å². The molecule has 3 amide bonds. The molecule has 34 heavy (non-hydrogen) atoms. The van der Waals surface area contributed by atoms with E-state index in [0.29, 0.717) is 24.5 Å². The number of rotatable bonds is 8. The number of nitrogens with zero attached hydrogens (tertiary/aromatic N) is 1. The first-order valence-corrected chi connectivity index (χ1v) is 12.1. The highest BCUT2D eigenvalue weighted by molar-refractivity contribution is 5.88. The summed E-state index contributed by atoms with van der Waals surface area (Å²) in [5.41, 5.74) is 3.14. The topological polar surface area (TPSA) is 79.9 Å². The summed E-state index contributed by atoms with van der Waals surface area (Å²) in [6.07, 6.45) is 3.51. The summed E-state index contributed by atoms with van der Waals surface area (Å²) in [5.74, 6) is 1.25. The molecule has 0 bridgehead atoms. The minimum absolute atomic E-state index is 0.0271. The van der Waals surface area contributed by atoms with Crippen molar-refractivity contribution in [3.63, 3.8) is 0 Å². The van der Waals surface area contributed by atoms with Crippen LogP contribution in [0.4, 0.5) is 4.79 Å². The van der Waals surface area contributed by atoms with Crippen molar-refractivity contribution in [2.24, 2.45) is 5.92 Å². The molecule has 0 radical (unpaired) electrons. The van der Waals surface area contributed by atoms with E-state index in [9.17, 15) is 9.59 Å². The highest BCUT2D eigenvalue weighted by atomic mass is 16.5. The van der Waals surface area contributed by atoms with Crippen LogP contribution in [0.25, 0.3) is 0 Å². The van der Waals surface area contributed by atoms with Gasteiger partial charge in [0.2, 0.25) is 5.91 Å². The molecule has 1 aliphatic carbocycles. The molecule has 2 aromatic rings. The molecule has 1 saturated carbocycles. The van der Waals surface area contributed by atoms with Crippen LogP contribution < -0.4 is 20.1 Å². The Balaban J connectivity index is 1.67. The van der Waals surface area contributed by atoms with Gasteiger partial charge in [0.15, 0.2) is 11.5 Å². The Hall–Kier alpha value is -3.22. The predicted octanol–water partition coefficient (Wildman–Crippen LogP) is 4.05. The van der Waals surface area contributed by atoms with Crippen molar-refractivity contribution in [3.05, 3.63) is 59.2 Å². The molecule has 0 aromatic heterocycles. The standard InChI is InChI=1S/C27H35N3O4/c1-5-17(2)24(26(31)28-20-11-12-20)29-27(32)30-14-13-19-15-22(33-3)23(34-4)16-21(19)25(30)18-9-7-6-8-10-18/h6-10,15-17,20,24-25H,5,11-14H2,1-4H3,(H,28,31)(H,29,32)/t17-,24-,25+/m0/s1. The number of nitrogens with one attached hydrogen (secondary N) is 2. The lowest BCUT2D eigenvalue weighted by Crippen LogP contribution is -2.55. The SMILES string of the molecule is CC[C@H](C)[C@H](NC(=O)N1CCc2cc(OC)c(OC)cc2[C@H]1c1ccccc1)C(=O)NC1CC1. The van der Waals surface area contributed by atoms with Crippen molar-refractivity contribution in [2.45, 2.75) is 57.7 Å². The van der Waals surface area contributed by atoms with Gasteiger partial charge in [-0.15, -0.1) is 0 Å². The minimum Gasteiger partial charge on any atom is -0.493 e. The van der Waals surface area contributed by atoms with E-state index >= 15 is 0 Å². The molecule has 4 rings (SSSR count). The Morgan fingerprint density at radius 1 is 1.09 bits per heavy atom. The quantitative estimate of drug-likeness (QED) is 0.616. The van der Waals surface area contributed by atoms with Gasteiger partial charge in [0, 0.05) is 12.6 Å². The second-order valence-electron chi connectivity index (χ2n) is 9.26. The third kappa shape index (κ3) is 4.98. The molecule has 3 atom stereocenters. The van der Waals surface area contributed by atoms with Crippen molar-refractivity contribution in [1.82, 2.24) is 15.5 Å². The Bertz CT molecular complexity index is 1020. The summed E-state index contributed by atoms with van der Waals surface area (Å²) in [6.45, 7) is 4.58. The zero-order chi connectivity index (χ0) is 24.2. The average molecular weight is 466 g/mol.